The molecule has 0 aromatic rings. The first kappa shape index (κ1) is 14.3. The summed E-state index contributed by atoms with van der Waals surface area (Å²) in [4.78, 5) is 12.9. The number of aliphatic hydroxyl groups is 1. The van der Waals surface area contributed by atoms with Crippen molar-refractivity contribution in [3.63, 3.8) is 0 Å². The second kappa shape index (κ2) is 4.14. The molecule has 1 heterocycles. The van der Waals surface area contributed by atoms with Gasteiger partial charge in [0.15, 0.2) is 0 Å². The maximum atomic E-state index is 11.5. The fraction of sp³-hybridized carbons (Fsp3) is 0.917. The van der Waals surface area contributed by atoms with E-state index in [1.54, 1.807) is 13.8 Å². The Hall–Kier alpha value is -0.810. The van der Waals surface area contributed by atoms with Gasteiger partial charge in [0.2, 0.25) is 0 Å². The summed E-state index contributed by atoms with van der Waals surface area (Å²) in [5, 5.41) is 18.7. The number of nitrogens with zero attached hydrogens (tertiary/aromatic N) is 1. The van der Waals surface area contributed by atoms with Crippen molar-refractivity contribution in [2.75, 3.05) is 13.2 Å². The lowest BCUT2D eigenvalue weighted by Crippen LogP contribution is -2.61. The second-order valence-electron chi connectivity index (χ2n) is 6.11. The summed E-state index contributed by atoms with van der Waals surface area (Å²) in [6.07, 6.45) is -0.623. The Bertz CT molecular complexity index is 308. The van der Waals surface area contributed by atoms with Gasteiger partial charge in [-0.05, 0) is 25.7 Å². The molecule has 17 heavy (non-hydrogen) atoms. The van der Waals surface area contributed by atoms with Gasteiger partial charge in [0.25, 0.3) is 0 Å². The highest BCUT2D eigenvalue weighted by atomic mass is 16.5. The van der Waals surface area contributed by atoms with Crippen LogP contribution in [0, 0.1) is 5.41 Å². The van der Waals surface area contributed by atoms with Crippen LogP contribution in [0.25, 0.3) is 0 Å². The molecule has 1 saturated heterocycles. The Morgan fingerprint density at radius 1 is 1.41 bits per heavy atom. The lowest BCUT2D eigenvalue weighted by Gasteiger charge is -2.48. The molecule has 0 radical (unpaired) electrons. The van der Waals surface area contributed by atoms with Gasteiger partial charge in [-0.25, -0.2) is 4.79 Å². The molecule has 5 nitrogen and oxygen atoms in total. The van der Waals surface area contributed by atoms with E-state index >= 15 is 0 Å². The van der Waals surface area contributed by atoms with E-state index in [0.29, 0.717) is 13.0 Å². The SMILES string of the molecule is CC1(C)OC[C@](CCO)(C(C)(C)C)N1C(=O)O. The minimum absolute atomic E-state index is 0.0551. The van der Waals surface area contributed by atoms with E-state index in [9.17, 15) is 15.0 Å². The zero-order valence-electron chi connectivity index (χ0n) is 11.3. The molecule has 1 aliphatic heterocycles. The molecule has 5 heteroatoms. The minimum atomic E-state index is -1.00. The van der Waals surface area contributed by atoms with Crippen molar-refractivity contribution in [2.45, 2.75) is 52.3 Å². The fourth-order valence-electron chi connectivity index (χ4n) is 2.65. The summed E-state index contributed by atoms with van der Waals surface area (Å²) in [6, 6.07) is 0. The Morgan fingerprint density at radius 2 is 1.94 bits per heavy atom. The van der Waals surface area contributed by atoms with Crippen LogP contribution in [0.5, 0.6) is 0 Å². The van der Waals surface area contributed by atoms with Crippen molar-refractivity contribution in [3.8, 4) is 0 Å². The first-order valence-electron chi connectivity index (χ1n) is 5.86. The number of carbonyl (C=O) groups is 1. The molecule has 1 aliphatic rings. The van der Waals surface area contributed by atoms with Crippen molar-refractivity contribution in [1.29, 1.82) is 0 Å². The number of amides is 1. The molecule has 0 unspecified atom stereocenters. The van der Waals surface area contributed by atoms with Gasteiger partial charge in [0.05, 0.1) is 12.1 Å². The molecule has 2 N–H and O–H groups in total. The third-order valence-electron chi connectivity index (χ3n) is 3.74. The lowest BCUT2D eigenvalue weighted by atomic mass is 9.71. The summed E-state index contributed by atoms with van der Waals surface area (Å²) < 4.78 is 5.64. The van der Waals surface area contributed by atoms with E-state index in [4.69, 9.17) is 4.74 Å². The van der Waals surface area contributed by atoms with Crippen LogP contribution in [0.15, 0.2) is 0 Å². The van der Waals surface area contributed by atoms with Crippen molar-refractivity contribution < 1.29 is 19.7 Å². The van der Waals surface area contributed by atoms with Crippen LogP contribution in [-0.2, 0) is 4.74 Å². The predicted octanol–water partition coefficient (Wildman–Crippen LogP) is 1.90. The maximum Gasteiger partial charge on any atom is 0.410 e. The smallest absolute Gasteiger partial charge is 0.410 e. The molecule has 1 fully saturated rings. The van der Waals surface area contributed by atoms with Crippen molar-refractivity contribution in [1.82, 2.24) is 4.90 Å². The molecule has 1 atom stereocenters. The molecule has 100 valence electrons. The first-order chi connectivity index (χ1) is 7.58. The van der Waals surface area contributed by atoms with Gasteiger partial charge in [0.1, 0.15) is 5.72 Å². The first-order valence-corrected chi connectivity index (χ1v) is 5.86. The van der Waals surface area contributed by atoms with E-state index in [1.807, 2.05) is 20.8 Å². The van der Waals surface area contributed by atoms with Crippen LogP contribution >= 0.6 is 0 Å². The third-order valence-corrected chi connectivity index (χ3v) is 3.74. The molecule has 0 aromatic carbocycles. The molecule has 0 saturated carbocycles. The van der Waals surface area contributed by atoms with Crippen molar-refractivity contribution in [2.24, 2.45) is 5.41 Å². The third kappa shape index (κ3) is 2.13. The minimum Gasteiger partial charge on any atom is -0.465 e. The molecular formula is C12H23NO4. The monoisotopic (exact) mass is 245 g/mol. The number of hydrogen-bond acceptors (Lipinski definition) is 3. The van der Waals surface area contributed by atoms with Gasteiger partial charge < -0.3 is 14.9 Å². The molecule has 1 amide bonds. The summed E-state index contributed by atoms with van der Waals surface area (Å²) in [5.41, 5.74) is -1.84. The van der Waals surface area contributed by atoms with Gasteiger partial charge in [-0.2, -0.15) is 0 Å². The van der Waals surface area contributed by atoms with Crippen LogP contribution in [-0.4, -0.2) is 45.7 Å². The van der Waals surface area contributed by atoms with Crippen molar-refractivity contribution in [3.05, 3.63) is 0 Å². The number of carboxylic acid groups (broad SMARTS) is 1. The molecular weight excluding hydrogens is 222 g/mol. The van der Waals surface area contributed by atoms with Gasteiger partial charge in [-0.1, -0.05) is 20.8 Å². The molecule has 0 bridgehead atoms. The summed E-state index contributed by atoms with van der Waals surface area (Å²) in [7, 11) is 0. The van der Waals surface area contributed by atoms with Gasteiger partial charge in [-0.3, -0.25) is 4.90 Å². The van der Waals surface area contributed by atoms with Crippen LogP contribution < -0.4 is 0 Å². The number of hydrogen-bond donors (Lipinski definition) is 2. The molecule has 1 rings (SSSR count). The molecule has 0 aromatic heterocycles. The highest BCUT2D eigenvalue weighted by molar-refractivity contribution is 5.68. The second-order valence-corrected chi connectivity index (χ2v) is 6.11. The van der Waals surface area contributed by atoms with Crippen molar-refractivity contribution >= 4 is 6.09 Å². The number of ether oxygens (including phenoxy) is 1. The van der Waals surface area contributed by atoms with E-state index in [2.05, 4.69) is 0 Å². The Morgan fingerprint density at radius 3 is 2.29 bits per heavy atom. The summed E-state index contributed by atoms with van der Waals surface area (Å²) in [5.74, 6) is 0. The fourth-order valence-corrected chi connectivity index (χ4v) is 2.65. The van der Waals surface area contributed by atoms with E-state index in [1.165, 1.54) is 4.90 Å². The largest absolute Gasteiger partial charge is 0.465 e. The van der Waals surface area contributed by atoms with E-state index in [0.717, 1.165) is 0 Å². The Balaban J connectivity index is 3.27. The van der Waals surface area contributed by atoms with E-state index < -0.39 is 17.4 Å². The zero-order valence-corrected chi connectivity index (χ0v) is 11.3. The van der Waals surface area contributed by atoms with Gasteiger partial charge >= 0.3 is 6.09 Å². The van der Waals surface area contributed by atoms with Crippen LogP contribution in [0.1, 0.15) is 41.0 Å². The number of rotatable bonds is 2. The Labute approximate surface area is 102 Å². The van der Waals surface area contributed by atoms with Gasteiger partial charge in [0, 0.05) is 6.61 Å². The summed E-state index contributed by atoms with van der Waals surface area (Å²) in [6.45, 7) is 9.67. The van der Waals surface area contributed by atoms with Crippen LogP contribution in [0.3, 0.4) is 0 Å². The highest BCUT2D eigenvalue weighted by Gasteiger charge is 2.59. The zero-order chi connectivity index (χ0) is 13.5. The average Bonchev–Trinajstić information content (AvgIpc) is 2.38. The average molecular weight is 245 g/mol. The number of aliphatic hydroxyl groups excluding tert-OH is 1. The lowest BCUT2D eigenvalue weighted by molar-refractivity contribution is -0.0604. The maximum absolute atomic E-state index is 11.5. The highest BCUT2D eigenvalue weighted by Crippen LogP contribution is 2.47. The Kier molecular flexibility index (Phi) is 3.47. The predicted molar refractivity (Wildman–Crippen MR) is 63.8 cm³/mol. The standard InChI is InChI=1S/C12H23NO4/c1-10(2,3)12(6-7-14)8-17-11(4,5)13(12)9(15)16/h14H,6-8H2,1-5H3,(H,15,16)/t12-/m1/s1. The quantitative estimate of drug-likeness (QED) is 0.779. The van der Waals surface area contributed by atoms with Crippen LogP contribution in [0.4, 0.5) is 4.79 Å². The van der Waals surface area contributed by atoms with Gasteiger partial charge in [-0.15, -0.1) is 0 Å². The van der Waals surface area contributed by atoms with Crippen LogP contribution in [0.2, 0.25) is 0 Å². The normalized spacial score (nSPS) is 28.5. The summed E-state index contributed by atoms with van der Waals surface area (Å²) >= 11 is 0. The molecule has 0 aliphatic carbocycles. The topological polar surface area (TPSA) is 70.0 Å². The molecule has 0 spiro atoms. The van der Waals surface area contributed by atoms with E-state index in [-0.39, 0.29) is 12.0 Å².